The van der Waals surface area contributed by atoms with Gasteiger partial charge in [-0.2, -0.15) is 0 Å². The Morgan fingerprint density at radius 1 is 1.00 bits per heavy atom. The highest BCUT2D eigenvalue weighted by molar-refractivity contribution is 6.89. The fourth-order valence-electron chi connectivity index (χ4n) is 3.53. The molecule has 0 atom stereocenters. The smallest absolute Gasteiger partial charge is 0.0799 e. The number of nitrogens with zero attached hydrogens (tertiary/aromatic N) is 2. The number of hydrogen-bond donors (Lipinski definition) is 0. The zero-order valence-corrected chi connectivity index (χ0v) is 15.0. The van der Waals surface area contributed by atoms with Crippen LogP contribution >= 0.6 is 0 Å². The highest BCUT2D eigenvalue weighted by Gasteiger charge is 2.26. The number of pyridine rings is 2. The van der Waals surface area contributed by atoms with Crippen LogP contribution in [0, 0.1) is 0 Å². The molecule has 3 heteroatoms. The quantitative estimate of drug-likeness (QED) is 0.765. The van der Waals surface area contributed by atoms with Gasteiger partial charge < -0.3 is 0 Å². The van der Waals surface area contributed by atoms with Crippen LogP contribution in [0.1, 0.15) is 43.6 Å². The Morgan fingerprint density at radius 3 is 2.32 bits per heavy atom. The molecule has 116 valence electrons. The van der Waals surface area contributed by atoms with E-state index in [0.717, 1.165) is 11.6 Å². The maximum atomic E-state index is 4.78. The van der Waals surface area contributed by atoms with Crippen LogP contribution in [0.5, 0.6) is 0 Å². The Kier molecular flexibility index (Phi) is 4.43. The van der Waals surface area contributed by atoms with E-state index >= 15 is 0 Å². The first-order chi connectivity index (χ1) is 10.6. The minimum Gasteiger partial charge on any atom is -0.265 e. The summed E-state index contributed by atoms with van der Waals surface area (Å²) in [5, 5.41) is 1.55. The number of aromatic nitrogens is 2. The lowest BCUT2D eigenvalue weighted by atomic mass is 9.84. The van der Waals surface area contributed by atoms with Gasteiger partial charge in [-0.15, -0.1) is 0 Å². The van der Waals surface area contributed by atoms with Gasteiger partial charge in [0.05, 0.1) is 13.8 Å². The molecule has 2 aromatic rings. The third-order valence-electron chi connectivity index (χ3n) is 4.77. The van der Waals surface area contributed by atoms with E-state index in [2.05, 4.69) is 49.0 Å². The van der Waals surface area contributed by atoms with Crippen molar-refractivity contribution in [2.75, 3.05) is 0 Å². The minimum absolute atomic E-state index is 0.735. The van der Waals surface area contributed by atoms with E-state index in [-0.39, 0.29) is 0 Å². The second-order valence-corrected chi connectivity index (χ2v) is 12.5. The van der Waals surface area contributed by atoms with Crippen molar-refractivity contribution in [3.8, 4) is 11.3 Å². The molecule has 0 aliphatic heterocycles. The van der Waals surface area contributed by atoms with E-state index in [1.165, 1.54) is 37.7 Å². The summed E-state index contributed by atoms with van der Waals surface area (Å²) in [6.07, 6.45) is 12.7. The summed E-state index contributed by atoms with van der Waals surface area (Å²) in [6.45, 7) is 7.30. The predicted molar refractivity (Wildman–Crippen MR) is 96.3 cm³/mol. The summed E-state index contributed by atoms with van der Waals surface area (Å²) in [5.74, 6) is 0.735. The first-order valence-electron chi connectivity index (χ1n) is 8.46. The highest BCUT2D eigenvalue weighted by Crippen LogP contribution is 2.34. The van der Waals surface area contributed by atoms with Crippen molar-refractivity contribution >= 4 is 13.3 Å². The van der Waals surface area contributed by atoms with Gasteiger partial charge in [0.15, 0.2) is 0 Å². The van der Waals surface area contributed by atoms with Gasteiger partial charge in [0, 0.05) is 24.2 Å². The van der Waals surface area contributed by atoms with Gasteiger partial charge in [0.2, 0.25) is 0 Å². The fourth-order valence-corrected chi connectivity index (χ4v) is 5.12. The van der Waals surface area contributed by atoms with E-state index in [1.807, 2.05) is 12.4 Å². The van der Waals surface area contributed by atoms with Crippen molar-refractivity contribution in [3.05, 3.63) is 42.4 Å². The molecule has 1 saturated carbocycles. The molecule has 2 aromatic heterocycles. The Balaban J connectivity index is 2.06. The average Bonchev–Trinajstić information content (AvgIpc) is 2.55. The van der Waals surface area contributed by atoms with Crippen LogP contribution in [0.4, 0.5) is 0 Å². The molecule has 0 N–H and O–H groups in total. The number of hydrogen-bond acceptors (Lipinski definition) is 2. The zero-order valence-electron chi connectivity index (χ0n) is 14.0. The van der Waals surface area contributed by atoms with Gasteiger partial charge in [-0.1, -0.05) is 38.9 Å². The predicted octanol–water partition coefficient (Wildman–Crippen LogP) is 4.74. The monoisotopic (exact) mass is 310 g/mol. The molecule has 2 heterocycles. The van der Waals surface area contributed by atoms with Gasteiger partial charge in [-0.3, -0.25) is 9.97 Å². The highest BCUT2D eigenvalue weighted by atomic mass is 28.3. The number of rotatable bonds is 3. The Hall–Kier alpha value is -1.48. The third kappa shape index (κ3) is 3.30. The van der Waals surface area contributed by atoms with Crippen molar-refractivity contribution in [3.63, 3.8) is 0 Å². The van der Waals surface area contributed by atoms with Gasteiger partial charge in [-0.25, -0.2) is 0 Å². The summed E-state index contributed by atoms with van der Waals surface area (Å²) in [7, 11) is -1.36. The molecule has 0 unspecified atom stereocenters. The summed E-state index contributed by atoms with van der Waals surface area (Å²) in [4.78, 5) is 8.90. The lowest BCUT2D eigenvalue weighted by Crippen LogP contribution is -2.41. The second kappa shape index (κ2) is 6.33. The van der Waals surface area contributed by atoms with E-state index < -0.39 is 8.07 Å². The topological polar surface area (TPSA) is 25.8 Å². The van der Waals surface area contributed by atoms with Crippen LogP contribution in [0.3, 0.4) is 0 Å². The second-order valence-electron chi connectivity index (χ2n) is 7.48. The van der Waals surface area contributed by atoms with Crippen molar-refractivity contribution in [2.24, 2.45) is 0 Å². The molecule has 1 aliphatic rings. The van der Waals surface area contributed by atoms with E-state index in [0.29, 0.717) is 0 Å². The molecular formula is C19H26N2Si. The molecule has 0 amide bonds. The van der Waals surface area contributed by atoms with Crippen LogP contribution in [0.25, 0.3) is 11.3 Å². The Bertz CT molecular complexity index is 626. The summed E-state index contributed by atoms with van der Waals surface area (Å²) < 4.78 is 0. The molecule has 1 fully saturated rings. The van der Waals surface area contributed by atoms with Crippen molar-refractivity contribution in [1.82, 2.24) is 9.97 Å². The molecule has 0 radical (unpaired) electrons. The van der Waals surface area contributed by atoms with E-state index in [9.17, 15) is 0 Å². The normalized spacial score (nSPS) is 16.7. The van der Waals surface area contributed by atoms with Crippen LogP contribution < -0.4 is 5.19 Å². The maximum absolute atomic E-state index is 4.78. The molecule has 1 aliphatic carbocycles. The van der Waals surface area contributed by atoms with Crippen LogP contribution in [0.2, 0.25) is 19.6 Å². The summed E-state index contributed by atoms with van der Waals surface area (Å²) >= 11 is 0. The first-order valence-corrected chi connectivity index (χ1v) is 12.0. The molecule has 2 nitrogen and oxygen atoms in total. The lowest BCUT2D eigenvalue weighted by molar-refractivity contribution is 0.444. The largest absolute Gasteiger partial charge is 0.265 e. The van der Waals surface area contributed by atoms with Crippen molar-refractivity contribution in [2.45, 2.75) is 57.7 Å². The third-order valence-corrected chi connectivity index (χ3v) is 6.80. The van der Waals surface area contributed by atoms with Crippen LogP contribution in [0.15, 0.2) is 36.8 Å². The first kappa shape index (κ1) is 15.4. The summed E-state index contributed by atoms with van der Waals surface area (Å²) in [5.41, 5.74) is 3.86. The van der Waals surface area contributed by atoms with Gasteiger partial charge in [-0.05, 0) is 47.7 Å². The van der Waals surface area contributed by atoms with Gasteiger partial charge in [0.25, 0.3) is 0 Å². The summed E-state index contributed by atoms with van der Waals surface area (Å²) in [6, 6.07) is 6.49. The van der Waals surface area contributed by atoms with Crippen LogP contribution in [-0.2, 0) is 0 Å². The molecule has 0 bridgehead atoms. The maximum Gasteiger partial charge on any atom is 0.0799 e. The fraction of sp³-hybridized carbons (Fsp3) is 0.474. The molecule has 0 aromatic carbocycles. The Labute approximate surface area is 135 Å². The molecule has 0 saturated heterocycles. The average molecular weight is 311 g/mol. The van der Waals surface area contributed by atoms with Crippen molar-refractivity contribution < 1.29 is 0 Å². The Morgan fingerprint density at radius 2 is 1.68 bits per heavy atom. The van der Waals surface area contributed by atoms with Crippen LogP contribution in [-0.4, -0.2) is 18.0 Å². The van der Waals surface area contributed by atoms with Gasteiger partial charge >= 0.3 is 0 Å². The molecule has 0 spiro atoms. The molecule has 3 rings (SSSR count). The lowest BCUT2D eigenvalue weighted by Gasteiger charge is -2.29. The van der Waals surface area contributed by atoms with Gasteiger partial charge in [0.1, 0.15) is 0 Å². The van der Waals surface area contributed by atoms with E-state index in [4.69, 9.17) is 4.98 Å². The minimum atomic E-state index is -1.36. The van der Waals surface area contributed by atoms with Crippen molar-refractivity contribution in [1.29, 1.82) is 0 Å². The standard InChI is InChI=1S/C19H26N2Si/c1-22(2,3)19-14-21-18(16-9-11-20-12-10-16)13-17(19)15-7-5-4-6-8-15/h9-15H,4-8H2,1-3H3. The zero-order chi connectivity index (χ0) is 15.6. The SMILES string of the molecule is C[Si](C)(C)c1cnc(-c2ccncc2)cc1C1CCCCC1. The molecule has 22 heavy (non-hydrogen) atoms. The van der Waals surface area contributed by atoms with E-state index in [1.54, 1.807) is 10.8 Å². The molecular weight excluding hydrogens is 284 g/mol.